The van der Waals surface area contributed by atoms with Crippen molar-refractivity contribution in [2.24, 2.45) is 0 Å². The Morgan fingerprint density at radius 1 is 1.44 bits per heavy atom. The van der Waals surface area contributed by atoms with Crippen LogP contribution in [0.25, 0.3) is 0 Å². The topological polar surface area (TPSA) is 49.3 Å². The van der Waals surface area contributed by atoms with Crippen molar-refractivity contribution in [2.75, 3.05) is 13.1 Å². The molecule has 1 rings (SSSR count). The van der Waals surface area contributed by atoms with Gasteiger partial charge in [-0.05, 0) is 11.5 Å². The first kappa shape index (κ1) is 12.5. The van der Waals surface area contributed by atoms with Gasteiger partial charge in [0.2, 0.25) is 0 Å². The lowest BCUT2D eigenvalue weighted by molar-refractivity contribution is -0.132. The maximum absolute atomic E-state index is 10.5. The Morgan fingerprint density at radius 2 is 2.06 bits per heavy atom. The number of carboxylic acid groups (broad SMARTS) is 1. The average molecular weight is 219 g/mol. The third-order valence-corrected chi connectivity index (χ3v) is 2.46. The number of hydrogen-bond acceptors (Lipinski definition) is 2. The Bertz CT molecular complexity index is 359. The van der Waals surface area contributed by atoms with Gasteiger partial charge in [-0.25, -0.2) is 4.79 Å². The average Bonchev–Trinajstić information content (AvgIpc) is 2.29. The third kappa shape index (κ3) is 3.87. The number of nitrogens with one attached hydrogen (secondary N) is 1. The molecule has 1 aromatic rings. The SMILES string of the molecule is C=C(CNCC(C)c1ccccc1)C(=O)O. The Kier molecular flexibility index (Phi) is 4.73. The summed E-state index contributed by atoms with van der Waals surface area (Å²) in [6, 6.07) is 10.1. The molecule has 16 heavy (non-hydrogen) atoms. The maximum Gasteiger partial charge on any atom is 0.332 e. The quantitative estimate of drug-likeness (QED) is 0.720. The van der Waals surface area contributed by atoms with Crippen molar-refractivity contribution in [1.82, 2.24) is 5.32 Å². The van der Waals surface area contributed by atoms with E-state index in [9.17, 15) is 4.79 Å². The van der Waals surface area contributed by atoms with Crippen molar-refractivity contribution in [3.63, 3.8) is 0 Å². The number of benzene rings is 1. The Hall–Kier alpha value is -1.61. The van der Waals surface area contributed by atoms with Gasteiger partial charge in [-0.15, -0.1) is 0 Å². The molecule has 3 heteroatoms. The second kappa shape index (κ2) is 6.08. The fraction of sp³-hybridized carbons (Fsp3) is 0.308. The van der Waals surface area contributed by atoms with Crippen molar-refractivity contribution in [3.05, 3.63) is 48.0 Å². The van der Waals surface area contributed by atoms with Crippen LogP contribution < -0.4 is 5.32 Å². The summed E-state index contributed by atoms with van der Waals surface area (Å²) in [7, 11) is 0. The monoisotopic (exact) mass is 219 g/mol. The van der Waals surface area contributed by atoms with E-state index in [0.29, 0.717) is 12.5 Å². The number of rotatable bonds is 6. The molecule has 1 unspecified atom stereocenters. The molecule has 0 saturated heterocycles. The smallest absolute Gasteiger partial charge is 0.332 e. The maximum atomic E-state index is 10.5. The van der Waals surface area contributed by atoms with Crippen LogP contribution in [0.4, 0.5) is 0 Å². The summed E-state index contributed by atoms with van der Waals surface area (Å²) in [5, 5.41) is 11.7. The molecule has 0 aliphatic carbocycles. The van der Waals surface area contributed by atoms with Gasteiger partial charge in [0.05, 0.1) is 0 Å². The van der Waals surface area contributed by atoms with Crippen molar-refractivity contribution < 1.29 is 9.90 Å². The summed E-state index contributed by atoms with van der Waals surface area (Å²) in [6.07, 6.45) is 0. The largest absolute Gasteiger partial charge is 0.478 e. The highest BCUT2D eigenvalue weighted by Gasteiger charge is 2.06. The first-order chi connectivity index (χ1) is 7.61. The van der Waals surface area contributed by atoms with E-state index in [1.54, 1.807) is 0 Å². The van der Waals surface area contributed by atoms with Crippen LogP contribution in [0.2, 0.25) is 0 Å². The second-order valence-electron chi connectivity index (χ2n) is 3.85. The van der Waals surface area contributed by atoms with Crippen LogP contribution in [0.5, 0.6) is 0 Å². The molecule has 1 aromatic carbocycles. The van der Waals surface area contributed by atoms with Crippen molar-refractivity contribution in [1.29, 1.82) is 0 Å². The highest BCUT2D eigenvalue weighted by Crippen LogP contribution is 2.12. The van der Waals surface area contributed by atoms with Gasteiger partial charge in [0.15, 0.2) is 0 Å². The molecule has 0 saturated carbocycles. The summed E-state index contributed by atoms with van der Waals surface area (Å²) in [5.74, 6) is -0.581. The van der Waals surface area contributed by atoms with Crippen LogP contribution >= 0.6 is 0 Å². The minimum absolute atomic E-state index is 0.195. The molecule has 0 amide bonds. The first-order valence-electron chi connectivity index (χ1n) is 5.28. The molecule has 3 nitrogen and oxygen atoms in total. The van der Waals surface area contributed by atoms with E-state index in [2.05, 4.69) is 31.0 Å². The molecule has 86 valence electrons. The lowest BCUT2D eigenvalue weighted by Gasteiger charge is -2.12. The summed E-state index contributed by atoms with van der Waals surface area (Å²) in [5.41, 5.74) is 1.44. The van der Waals surface area contributed by atoms with Gasteiger partial charge in [0, 0.05) is 18.7 Å². The molecular weight excluding hydrogens is 202 g/mol. The summed E-state index contributed by atoms with van der Waals surface area (Å²) >= 11 is 0. The molecule has 1 atom stereocenters. The third-order valence-electron chi connectivity index (χ3n) is 2.46. The molecule has 2 N–H and O–H groups in total. The van der Waals surface area contributed by atoms with E-state index in [4.69, 9.17) is 5.11 Å². The van der Waals surface area contributed by atoms with Crippen LogP contribution in [0.15, 0.2) is 42.5 Å². The Morgan fingerprint density at radius 3 is 2.62 bits per heavy atom. The van der Waals surface area contributed by atoms with Gasteiger partial charge >= 0.3 is 5.97 Å². The van der Waals surface area contributed by atoms with Crippen LogP contribution in [-0.2, 0) is 4.79 Å². The van der Waals surface area contributed by atoms with E-state index in [-0.39, 0.29) is 5.57 Å². The zero-order chi connectivity index (χ0) is 12.0. The van der Waals surface area contributed by atoms with E-state index >= 15 is 0 Å². The van der Waals surface area contributed by atoms with Gasteiger partial charge in [0.25, 0.3) is 0 Å². The normalized spacial score (nSPS) is 12.1. The standard InChI is InChI=1S/C13H17NO2/c1-10(12-6-4-3-5-7-12)8-14-9-11(2)13(15)16/h3-7,10,14H,2,8-9H2,1H3,(H,15,16). The van der Waals surface area contributed by atoms with Crippen LogP contribution in [0.3, 0.4) is 0 Å². The fourth-order valence-corrected chi connectivity index (χ4v) is 1.41. The molecular formula is C13H17NO2. The molecule has 0 aromatic heterocycles. The number of carbonyl (C=O) groups is 1. The van der Waals surface area contributed by atoms with Crippen LogP contribution in [0.1, 0.15) is 18.4 Å². The zero-order valence-electron chi connectivity index (χ0n) is 9.44. The lowest BCUT2D eigenvalue weighted by Crippen LogP contribution is -2.24. The van der Waals surface area contributed by atoms with Gasteiger partial charge < -0.3 is 10.4 Å². The fourth-order valence-electron chi connectivity index (χ4n) is 1.41. The molecule has 0 bridgehead atoms. The zero-order valence-corrected chi connectivity index (χ0v) is 9.44. The van der Waals surface area contributed by atoms with Gasteiger partial charge in [-0.2, -0.15) is 0 Å². The lowest BCUT2D eigenvalue weighted by atomic mass is 10.0. The number of hydrogen-bond donors (Lipinski definition) is 2. The predicted molar refractivity (Wildman–Crippen MR) is 64.5 cm³/mol. The van der Waals surface area contributed by atoms with E-state index in [1.165, 1.54) is 5.56 Å². The molecule has 0 radical (unpaired) electrons. The molecule has 0 heterocycles. The molecule has 0 aliphatic heterocycles. The summed E-state index contributed by atoms with van der Waals surface area (Å²) in [4.78, 5) is 10.5. The summed E-state index contributed by atoms with van der Waals surface area (Å²) < 4.78 is 0. The minimum atomic E-state index is -0.945. The summed E-state index contributed by atoms with van der Waals surface area (Å²) in [6.45, 7) is 6.64. The second-order valence-corrected chi connectivity index (χ2v) is 3.85. The van der Waals surface area contributed by atoms with Crippen LogP contribution in [0, 0.1) is 0 Å². The molecule has 0 spiro atoms. The van der Waals surface area contributed by atoms with Gasteiger partial charge in [-0.1, -0.05) is 43.8 Å². The minimum Gasteiger partial charge on any atom is -0.478 e. The van der Waals surface area contributed by atoms with Crippen molar-refractivity contribution >= 4 is 5.97 Å². The number of aliphatic carboxylic acids is 1. The van der Waals surface area contributed by atoms with E-state index in [0.717, 1.165) is 6.54 Å². The highest BCUT2D eigenvalue weighted by molar-refractivity contribution is 5.86. The predicted octanol–water partition coefficient (Wildman–Crippen LogP) is 2.02. The van der Waals surface area contributed by atoms with Crippen molar-refractivity contribution in [2.45, 2.75) is 12.8 Å². The molecule has 0 aliphatic rings. The highest BCUT2D eigenvalue weighted by atomic mass is 16.4. The Balaban J connectivity index is 2.34. The number of carboxylic acids is 1. The van der Waals surface area contributed by atoms with Gasteiger partial charge in [-0.3, -0.25) is 0 Å². The van der Waals surface area contributed by atoms with Crippen LogP contribution in [-0.4, -0.2) is 24.2 Å². The van der Waals surface area contributed by atoms with Gasteiger partial charge in [0.1, 0.15) is 0 Å². The van der Waals surface area contributed by atoms with E-state index < -0.39 is 5.97 Å². The van der Waals surface area contributed by atoms with Crippen molar-refractivity contribution in [3.8, 4) is 0 Å². The van der Waals surface area contributed by atoms with E-state index in [1.807, 2.05) is 18.2 Å². The molecule has 0 fully saturated rings. The first-order valence-corrected chi connectivity index (χ1v) is 5.28. The Labute approximate surface area is 95.8 Å².